The minimum atomic E-state index is -1.03. The molecule has 0 aliphatic carbocycles. The highest BCUT2D eigenvalue weighted by Crippen LogP contribution is 2.25. The summed E-state index contributed by atoms with van der Waals surface area (Å²) < 4.78 is 13.6. The maximum atomic E-state index is 13.2. The molecular weight excluding hydrogens is 311 g/mol. The van der Waals surface area contributed by atoms with Gasteiger partial charge in [0.15, 0.2) is 5.13 Å². The molecule has 1 heterocycles. The number of anilines is 2. The molecule has 1 aromatic carbocycles. The van der Waals surface area contributed by atoms with Crippen LogP contribution in [0, 0.1) is 5.82 Å². The van der Waals surface area contributed by atoms with Crippen molar-refractivity contribution >= 4 is 44.1 Å². The second kappa shape index (κ2) is 4.80. The summed E-state index contributed by atoms with van der Waals surface area (Å²) in [5, 5.41) is 12.0. The zero-order chi connectivity index (χ0) is 12.4. The number of aromatic nitrogens is 1. The molecule has 0 aliphatic heterocycles. The lowest BCUT2D eigenvalue weighted by Crippen LogP contribution is -1.90. The van der Waals surface area contributed by atoms with Gasteiger partial charge in [-0.15, -0.1) is 0 Å². The molecule has 2 aromatic rings. The lowest BCUT2D eigenvalue weighted by molar-refractivity contribution is 0.0702. The first-order valence-corrected chi connectivity index (χ1v) is 6.08. The molecule has 0 saturated carbocycles. The predicted octanol–water partition coefficient (Wildman–Crippen LogP) is 3.49. The third-order valence-corrected chi connectivity index (χ3v) is 3.43. The first-order valence-electron chi connectivity index (χ1n) is 4.47. The first kappa shape index (κ1) is 12.0. The second-order valence-corrected chi connectivity index (χ2v) is 4.97. The molecule has 0 aliphatic rings. The van der Waals surface area contributed by atoms with Crippen LogP contribution < -0.4 is 5.32 Å². The number of thiazole rings is 1. The van der Waals surface area contributed by atoms with Crippen molar-refractivity contribution in [2.75, 3.05) is 5.32 Å². The molecule has 4 nitrogen and oxygen atoms in total. The molecule has 0 unspecified atom stereocenters. The summed E-state index contributed by atoms with van der Waals surface area (Å²) in [6.45, 7) is 0. The van der Waals surface area contributed by atoms with Crippen LogP contribution in [0.3, 0.4) is 0 Å². The van der Waals surface area contributed by atoms with Crippen molar-refractivity contribution in [3.8, 4) is 0 Å². The van der Waals surface area contributed by atoms with Gasteiger partial charge in [0.2, 0.25) is 0 Å². The van der Waals surface area contributed by atoms with Crippen molar-refractivity contribution in [3.05, 3.63) is 39.6 Å². The molecule has 0 atom stereocenters. The van der Waals surface area contributed by atoms with Crippen LogP contribution >= 0.6 is 27.3 Å². The Labute approximate surface area is 108 Å². The second-order valence-electron chi connectivity index (χ2n) is 3.09. The normalized spacial score (nSPS) is 10.2. The number of hydrogen-bond acceptors (Lipinski definition) is 4. The van der Waals surface area contributed by atoms with E-state index in [-0.39, 0.29) is 4.88 Å². The summed E-state index contributed by atoms with van der Waals surface area (Å²) in [5.74, 6) is -1.43. The topological polar surface area (TPSA) is 62.2 Å². The summed E-state index contributed by atoms with van der Waals surface area (Å²) in [6, 6.07) is 4.52. The van der Waals surface area contributed by atoms with Gasteiger partial charge in [-0.25, -0.2) is 14.2 Å². The minimum Gasteiger partial charge on any atom is -0.477 e. The van der Waals surface area contributed by atoms with E-state index in [9.17, 15) is 9.18 Å². The molecule has 7 heteroatoms. The molecule has 2 N–H and O–H groups in total. The largest absolute Gasteiger partial charge is 0.477 e. The summed E-state index contributed by atoms with van der Waals surface area (Å²) in [7, 11) is 0. The lowest BCUT2D eigenvalue weighted by Gasteiger charge is -2.02. The molecule has 0 bridgehead atoms. The van der Waals surface area contributed by atoms with Crippen LogP contribution in [0.15, 0.2) is 28.9 Å². The van der Waals surface area contributed by atoms with E-state index < -0.39 is 11.8 Å². The molecule has 0 saturated heterocycles. The van der Waals surface area contributed by atoms with Crippen LogP contribution in [0.5, 0.6) is 0 Å². The standard InChI is InChI=1S/C10H6BrFN2O2S/c11-6-2-1-5(3-7(6)12)14-10-13-4-8(17-10)9(15)16/h1-4H,(H,13,14)(H,15,16). The van der Waals surface area contributed by atoms with Crippen molar-refractivity contribution in [2.45, 2.75) is 0 Å². The third kappa shape index (κ3) is 2.80. The molecule has 17 heavy (non-hydrogen) atoms. The van der Waals surface area contributed by atoms with Gasteiger partial charge in [0, 0.05) is 5.69 Å². The Morgan fingerprint density at radius 3 is 2.88 bits per heavy atom. The van der Waals surface area contributed by atoms with Gasteiger partial charge in [0.05, 0.1) is 10.7 Å². The Balaban J connectivity index is 2.19. The lowest BCUT2D eigenvalue weighted by atomic mass is 10.3. The van der Waals surface area contributed by atoms with Crippen LogP contribution in [-0.4, -0.2) is 16.1 Å². The molecule has 0 spiro atoms. The van der Waals surface area contributed by atoms with Gasteiger partial charge >= 0.3 is 5.97 Å². The van der Waals surface area contributed by atoms with Gasteiger partial charge in [-0.2, -0.15) is 0 Å². The van der Waals surface area contributed by atoms with Gasteiger partial charge in [-0.05, 0) is 34.1 Å². The maximum absolute atomic E-state index is 13.2. The number of aromatic carboxylic acids is 1. The fourth-order valence-electron chi connectivity index (χ4n) is 1.13. The highest BCUT2D eigenvalue weighted by molar-refractivity contribution is 9.10. The fourth-order valence-corrected chi connectivity index (χ4v) is 2.05. The Morgan fingerprint density at radius 1 is 1.53 bits per heavy atom. The van der Waals surface area contributed by atoms with Crippen LogP contribution in [0.2, 0.25) is 0 Å². The molecule has 0 amide bonds. The van der Waals surface area contributed by atoms with Crippen molar-refractivity contribution in [1.82, 2.24) is 4.98 Å². The fraction of sp³-hybridized carbons (Fsp3) is 0. The zero-order valence-electron chi connectivity index (χ0n) is 8.28. The number of carboxylic acid groups (broad SMARTS) is 1. The first-order chi connectivity index (χ1) is 8.06. The van der Waals surface area contributed by atoms with Crippen molar-refractivity contribution in [2.24, 2.45) is 0 Å². The molecule has 88 valence electrons. The Bertz CT molecular complexity index is 573. The summed E-state index contributed by atoms with van der Waals surface area (Å²) >= 11 is 4.03. The number of rotatable bonds is 3. The summed E-state index contributed by atoms with van der Waals surface area (Å²) in [6.07, 6.45) is 1.25. The van der Waals surface area contributed by atoms with Crippen molar-refractivity contribution in [3.63, 3.8) is 0 Å². The van der Waals surface area contributed by atoms with Crippen molar-refractivity contribution < 1.29 is 14.3 Å². The number of nitrogens with zero attached hydrogens (tertiary/aromatic N) is 1. The number of benzene rings is 1. The minimum absolute atomic E-state index is 0.130. The van der Waals surface area contributed by atoms with E-state index in [0.717, 1.165) is 11.3 Å². The monoisotopic (exact) mass is 316 g/mol. The Kier molecular flexibility index (Phi) is 3.39. The number of carbonyl (C=O) groups is 1. The SMILES string of the molecule is O=C(O)c1cnc(Nc2ccc(Br)c(F)c2)s1. The molecule has 0 radical (unpaired) electrons. The molecular formula is C10H6BrFN2O2S. The Hall–Kier alpha value is -1.47. The van der Waals surface area contributed by atoms with Crippen LogP contribution in [0.1, 0.15) is 9.67 Å². The number of halogens is 2. The summed E-state index contributed by atoms with van der Waals surface area (Å²) in [5.41, 5.74) is 0.511. The number of hydrogen-bond donors (Lipinski definition) is 2. The molecule has 1 aromatic heterocycles. The van der Waals surface area contributed by atoms with E-state index in [1.165, 1.54) is 12.3 Å². The molecule has 0 fully saturated rings. The molecule has 2 rings (SSSR count). The highest BCUT2D eigenvalue weighted by Gasteiger charge is 2.09. The van der Waals surface area contributed by atoms with Gasteiger partial charge in [-0.3, -0.25) is 0 Å². The van der Waals surface area contributed by atoms with Crippen LogP contribution in [0.4, 0.5) is 15.2 Å². The van der Waals surface area contributed by atoms with E-state index in [1.54, 1.807) is 12.1 Å². The number of nitrogens with one attached hydrogen (secondary N) is 1. The average Bonchev–Trinajstić information content (AvgIpc) is 2.72. The zero-order valence-corrected chi connectivity index (χ0v) is 10.7. The number of carboxylic acids is 1. The van der Waals surface area contributed by atoms with Crippen LogP contribution in [-0.2, 0) is 0 Å². The Morgan fingerprint density at radius 2 is 2.29 bits per heavy atom. The van der Waals surface area contributed by atoms with Crippen molar-refractivity contribution in [1.29, 1.82) is 0 Å². The van der Waals surface area contributed by atoms with Gasteiger partial charge in [-0.1, -0.05) is 11.3 Å². The van der Waals surface area contributed by atoms with E-state index >= 15 is 0 Å². The van der Waals surface area contributed by atoms with E-state index in [2.05, 4.69) is 26.2 Å². The van der Waals surface area contributed by atoms with Gasteiger partial charge in [0.25, 0.3) is 0 Å². The summed E-state index contributed by atoms with van der Waals surface area (Å²) in [4.78, 5) is 14.6. The van der Waals surface area contributed by atoms with Crippen LogP contribution in [0.25, 0.3) is 0 Å². The predicted molar refractivity (Wildman–Crippen MR) is 66.5 cm³/mol. The third-order valence-electron chi connectivity index (χ3n) is 1.89. The smallest absolute Gasteiger partial charge is 0.347 e. The van der Waals surface area contributed by atoms with E-state index in [0.29, 0.717) is 15.3 Å². The van der Waals surface area contributed by atoms with E-state index in [4.69, 9.17) is 5.11 Å². The van der Waals surface area contributed by atoms with Gasteiger partial charge in [0.1, 0.15) is 10.7 Å². The average molecular weight is 317 g/mol. The maximum Gasteiger partial charge on any atom is 0.347 e. The quantitative estimate of drug-likeness (QED) is 0.910. The highest BCUT2D eigenvalue weighted by atomic mass is 79.9. The van der Waals surface area contributed by atoms with E-state index in [1.807, 2.05) is 0 Å². The van der Waals surface area contributed by atoms with Gasteiger partial charge < -0.3 is 10.4 Å².